The van der Waals surface area contributed by atoms with E-state index in [2.05, 4.69) is 26.6 Å². The van der Waals surface area contributed by atoms with Crippen LogP contribution in [0.25, 0.3) is 0 Å². The number of likely N-dealkylation sites (tertiary alicyclic amines) is 1. The number of rotatable bonds is 4. The number of thiocarbonyl (C=S) groups is 1. The van der Waals surface area contributed by atoms with Crippen molar-refractivity contribution < 1.29 is 9.18 Å². The SMILES string of the molecule is O=C1CCCN1CCNC(=S)Nc1ccc(Br)cc1F. The molecule has 0 aliphatic carbocycles. The highest BCUT2D eigenvalue weighted by atomic mass is 79.9. The van der Waals surface area contributed by atoms with Crippen LogP contribution in [0.4, 0.5) is 10.1 Å². The van der Waals surface area contributed by atoms with E-state index in [0.29, 0.717) is 34.8 Å². The van der Waals surface area contributed by atoms with Gasteiger partial charge in [-0.05, 0) is 36.8 Å². The molecule has 0 spiro atoms. The molecule has 0 saturated carbocycles. The Morgan fingerprint density at radius 3 is 2.95 bits per heavy atom. The van der Waals surface area contributed by atoms with Crippen LogP contribution >= 0.6 is 28.1 Å². The van der Waals surface area contributed by atoms with Crippen molar-refractivity contribution in [2.24, 2.45) is 0 Å². The molecule has 1 aliphatic rings. The quantitative estimate of drug-likeness (QED) is 0.810. The van der Waals surface area contributed by atoms with Crippen molar-refractivity contribution >= 4 is 44.9 Å². The lowest BCUT2D eigenvalue weighted by molar-refractivity contribution is -0.127. The van der Waals surface area contributed by atoms with E-state index in [0.717, 1.165) is 13.0 Å². The van der Waals surface area contributed by atoms with E-state index in [1.165, 1.54) is 6.07 Å². The molecule has 1 aliphatic heterocycles. The Hall–Kier alpha value is -1.21. The van der Waals surface area contributed by atoms with Gasteiger partial charge in [0, 0.05) is 30.5 Å². The highest BCUT2D eigenvalue weighted by Crippen LogP contribution is 2.19. The number of hydrogen-bond acceptors (Lipinski definition) is 2. The van der Waals surface area contributed by atoms with Crippen molar-refractivity contribution in [1.82, 2.24) is 10.2 Å². The van der Waals surface area contributed by atoms with Gasteiger partial charge in [0.05, 0.1) is 5.69 Å². The summed E-state index contributed by atoms with van der Waals surface area (Å²) in [6.45, 7) is 1.97. The van der Waals surface area contributed by atoms with Crippen molar-refractivity contribution in [2.75, 3.05) is 25.0 Å². The van der Waals surface area contributed by atoms with Crippen molar-refractivity contribution in [3.8, 4) is 0 Å². The van der Waals surface area contributed by atoms with E-state index in [4.69, 9.17) is 12.2 Å². The summed E-state index contributed by atoms with van der Waals surface area (Å²) < 4.78 is 14.3. The fourth-order valence-electron chi connectivity index (χ4n) is 2.00. The number of carbonyl (C=O) groups excluding carboxylic acids is 1. The van der Waals surface area contributed by atoms with Gasteiger partial charge in [-0.15, -0.1) is 0 Å². The van der Waals surface area contributed by atoms with Crippen molar-refractivity contribution in [3.63, 3.8) is 0 Å². The Kier molecular flexibility index (Phi) is 5.31. The number of halogens is 2. The third kappa shape index (κ3) is 4.14. The van der Waals surface area contributed by atoms with Gasteiger partial charge in [0.25, 0.3) is 0 Å². The summed E-state index contributed by atoms with van der Waals surface area (Å²) in [5.41, 5.74) is 0.322. The molecule has 1 saturated heterocycles. The number of nitrogens with one attached hydrogen (secondary N) is 2. The lowest BCUT2D eigenvalue weighted by Gasteiger charge is -2.17. The first-order chi connectivity index (χ1) is 9.56. The third-order valence-electron chi connectivity index (χ3n) is 3.02. The molecule has 0 aromatic heterocycles. The zero-order valence-corrected chi connectivity index (χ0v) is 13.2. The van der Waals surface area contributed by atoms with E-state index in [9.17, 15) is 9.18 Å². The average molecular weight is 360 g/mol. The number of anilines is 1. The molecular weight excluding hydrogens is 345 g/mol. The Morgan fingerprint density at radius 1 is 1.50 bits per heavy atom. The first-order valence-electron chi connectivity index (χ1n) is 6.34. The standard InChI is InChI=1S/C13H15BrFN3OS/c14-9-3-4-11(10(15)8-9)17-13(20)16-5-7-18-6-1-2-12(18)19/h3-4,8H,1-2,5-7H2,(H2,16,17,20). The maximum Gasteiger partial charge on any atom is 0.222 e. The largest absolute Gasteiger partial charge is 0.361 e. The van der Waals surface area contributed by atoms with Gasteiger partial charge < -0.3 is 15.5 Å². The minimum absolute atomic E-state index is 0.185. The van der Waals surface area contributed by atoms with Crippen molar-refractivity contribution in [2.45, 2.75) is 12.8 Å². The maximum absolute atomic E-state index is 13.6. The van der Waals surface area contributed by atoms with Crippen LogP contribution in [0.15, 0.2) is 22.7 Å². The lowest BCUT2D eigenvalue weighted by atomic mass is 10.3. The molecular formula is C13H15BrFN3OS. The van der Waals surface area contributed by atoms with Gasteiger partial charge in [0.15, 0.2) is 5.11 Å². The third-order valence-corrected chi connectivity index (χ3v) is 3.76. The minimum atomic E-state index is -0.377. The molecule has 4 nitrogen and oxygen atoms in total. The maximum atomic E-state index is 13.6. The van der Waals surface area contributed by atoms with Gasteiger partial charge >= 0.3 is 0 Å². The van der Waals surface area contributed by atoms with Gasteiger partial charge in [0.1, 0.15) is 5.82 Å². The minimum Gasteiger partial charge on any atom is -0.361 e. The molecule has 20 heavy (non-hydrogen) atoms. The molecule has 1 aromatic carbocycles. The van der Waals surface area contributed by atoms with Crippen LogP contribution in [0, 0.1) is 5.82 Å². The van der Waals surface area contributed by atoms with E-state index < -0.39 is 0 Å². The number of benzene rings is 1. The van der Waals surface area contributed by atoms with Gasteiger partial charge in [-0.3, -0.25) is 4.79 Å². The fourth-order valence-corrected chi connectivity index (χ4v) is 2.55. The zero-order valence-electron chi connectivity index (χ0n) is 10.8. The van der Waals surface area contributed by atoms with Gasteiger partial charge in [-0.2, -0.15) is 0 Å². The molecule has 7 heteroatoms. The van der Waals surface area contributed by atoms with E-state index >= 15 is 0 Å². The normalized spacial score (nSPS) is 14.5. The summed E-state index contributed by atoms with van der Waals surface area (Å²) in [6.07, 6.45) is 1.55. The molecule has 0 atom stereocenters. The van der Waals surface area contributed by atoms with E-state index in [1.54, 1.807) is 17.0 Å². The summed E-state index contributed by atoms with van der Waals surface area (Å²) in [7, 11) is 0. The van der Waals surface area contributed by atoms with Crippen LogP contribution in [0.5, 0.6) is 0 Å². The van der Waals surface area contributed by atoms with Crippen molar-refractivity contribution in [1.29, 1.82) is 0 Å². The second-order valence-corrected chi connectivity index (χ2v) is 5.81. The molecule has 1 fully saturated rings. The highest BCUT2D eigenvalue weighted by molar-refractivity contribution is 9.10. The molecule has 1 heterocycles. The molecule has 1 amide bonds. The Labute approximate surface area is 130 Å². The summed E-state index contributed by atoms with van der Waals surface area (Å²) in [6, 6.07) is 4.71. The van der Waals surface area contributed by atoms with Crippen LogP contribution in [-0.2, 0) is 4.79 Å². The van der Waals surface area contributed by atoms with Crippen molar-refractivity contribution in [3.05, 3.63) is 28.5 Å². The smallest absolute Gasteiger partial charge is 0.222 e. The molecule has 0 bridgehead atoms. The second-order valence-electron chi connectivity index (χ2n) is 4.49. The van der Waals surface area contributed by atoms with E-state index in [1.807, 2.05) is 0 Å². The summed E-state index contributed by atoms with van der Waals surface area (Å²) in [4.78, 5) is 13.2. The lowest BCUT2D eigenvalue weighted by Crippen LogP contribution is -2.37. The van der Waals surface area contributed by atoms with E-state index in [-0.39, 0.29) is 11.7 Å². The Balaban J connectivity index is 1.76. The van der Waals surface area contributed by atoms with Crippen LogP contribution < -0.4 is 10.6 Å². The average Bonchev–Trinajstić information content (AvgIpc) is 2.79. The molecule has 0 radical (unpaired) electrons. The first kappa shape index (κ1) is 15.2. The number of hydrogen-bond donors (Lipinski definition) is 2. The number of nitrogens with zero attached hydrogens (tertiary/aromatic N) is 1. The van der Waals surface area contributed by atoms with Gasteiger partial charge in [-0.1, -0.05) is 15.9 Å². The van der Waals surface area contributed by atoms with Gasteiger partial charge in [0.2, 0.25) is 5.91 Å². The summed E-state index contributed by atoms with van der Waals surface area (Å²) in [5, 5.41) is 6.11. The van der Waals surface area contributed by atoms with Crippen LogP contribution in [0.3, 0.4) is 0 Å². The predicted octanol–water partition coefficient (Wildman–Crippen LogP) is 2.50. The molecule has 2 rings (SSSR count). The number of amides is 1. The van der Waals surface area contributed by atoms with Crippen LogP contribution in [0.2, 0.25) is 0 Å². The summed E-state index contributed by atoms with van der Waals surface area (Å²) in [5.74, 6) is -0.192. The Bertz CT molecular complexity index is 526. The van der Waals surface area contributed by atoms with Crippen LogP contribution in [0.1, 0.15) is 12.8 Å². The monoisotopic (exact) mass is 359 g/mol. The first-order valence-corrected chi connectivity index (χ1v) is 7.54. The summed E-state index contributed by atoms with van der Waals surface area (Å²) >= 11 is 8.29. The molecule has 2 N–H and O–H groups in total. The highest BCUT2D eigenvalue weighted by Gasteiger charge is 2.19. The fraction of sp³-hybridized carbons (Fsp3) is 0.385. The molecule has 108 valence electrons. The van der Waals surface area contributed by atoms with Crippen LogP contribution in [-0.4, -0.2) is 35.6 Å². The Morgan fingerprint density at radius 2 is 2.30 bits per heavy atom. The topological polar surface area (TPSA) is 44.4 Å². The second kappa shape index (κ2) is 6.99. The predicted molar refractivity (Wildman–Crippen MR) is 84.1 cm³/mol. The molecule has 1 aromatic rings. The molecule has 0 unspecified atom stereocenters. The zero-order chi connectivity index (χ0) is 14.5. The number of carbonyl (C=O) groups is 1. The van der Waals surface area contributed by atoms with Gasteiger partial charge in [-0.25, -0.2) is 4.39 Å².